The van der Waals surface area contributed by atoms with Crippen LogP contribution in [0.2, 0.25) is 0 Å². The van der Waals surface area contributed by atoms with Crippen LogP contribution in [0.5, 0.6) is 0 Å². The zero-order valence-corrected chi connectivity index (χ0v) is 45.4. The van der Waals surface area contributed by atoms with Gasteiger partial charge < -0.3 is 20.3 Å². The maximum atomic E-state index is 12.5. The molecule has 67 heavy (non-hydrogen) atoms. The van der Waals surface area contributed by atoms with Gasteiger partial charge in [0.05, 0.1) is 25.4 Å². The molecule has 1 amide bonds. The molecular formula is C61H119NO5. The number of carbonyl (C=O) groups is 2. The number of aliphatic hydroxyl groups excluding tert-OH is 2. The Hall–Kier alpha value is -1.40. The molecule has 0 saturated heterocycles. The van der Waals surface area contributed by atoms with Crippen molar-refractivity contribution in [3.63, 3.8) is 0 Å². The van der Waals surface area contributed by atoms with Crippen molar-refractivity contribution < 1.29 is 24.5 Å². The van der Waals surface area contributed by atoms with Crippen molar-refractivity contribution in [3.05, 3.63) is 12.2 Å². The fourth-order valence-corrected chi connectivity index (χ4v) is 9.64. The molecule has 0 heterocycles. The van der Waals surface area contributed by atoms with E-state index in [9.17, 15) is 19.8 Å². The average molecular weight is 947 g/mol. The third kappa shape index (κ3) is 53.8. The summed E-state index contributed by atoms with van der Waals surface area (Å²) in [6, 6.07) is -0.553. The summed E-state index contributed by atoms with van der Waals surface area (Å²) in [6.07, 6.45) is 67.8. The highest BCUT2D eigenvalue weighted by Gasteiger charge is 2.20. The number of nitrogens with one attached hydrogen (secondary N) is 1. The molecule has 0 aliphatic rings. The lowest BCUT2D eigenvalue weighted by atomic mass is 10.0. The van der Waals surface area contributed by atoms with Gasteiger partial charge in [-0.15, -0.1) is 0 Å². The number of hydrogen-bond donors (Lipinski definition) is 3. The number of carbonyl (C=O) groups excluding carboxylic acids is 2. The van der Waals surface area contributed by atoms with Gasteiger partial charge in [-0.2, -0.15) is 0 Å². The van der Waals surface area contributed by atoms with Gasteiger partial charge in [-0.3, -0.25) is 9.59 Å². The van der Waals surface area contributed by atoms with Gasteiger partial charge in [0.25, 0.3) is 0 Å². The summed E-state index contributed by atoms with van der Waals surface area (Å²) in [4.78, 5) is 24.5. The summed E-state index contributed by atoms with van der Waals surface area (Å²) in [7, 11) is 0. The van der Waals surface area contributed by atoms with Gasteiger partial charge in [-0.05, 0) is 51.4 Å². The molecule has 398 valence electrons. The monoisotopic (exact) mass is 946 g/mol. The number of amides is 1. The van der Waals surface area contributed by atoms with Crippen LogP contribution < -0.4 is 5.32 Å². The molecule has 0 radical (unpaired) electrons. The van der Waals surface area contributed by atoms with Gasteiger partial charge in [0, 0.05) is 12.8 Å². The number of esters is 1. The summed E-state index contributed by atoms with van der Waals surface area (Å²) in [5.41, 5.74) is 0. The molecule has 6 heteroatoms. The molecule has 0 aliphatic carbocycles. The van der Waals surface area contributed by atoms with Crippen LogP contribution >= 0.6 is 0 Å². The van der Waals surface area contributed by atoms with Crippen LogP contribution in [0.4, 0.5) is 0 Å². The zero-order valence-electron chi connectivity index (χ0n) is 45.4. The van der Waals surface area contributed by atoms with Crippen molar-refractivity contribution in [2.45, 2.75) is 353 Å². The third-order valence-corrected chi connectivity index (χ3v) is 14.3. The first-order chi connectivity index (χ1) is 33.0. The fourth-order valence-electron chi connectivity index (χ4n) is 9.64. The van der Waals surface area contributed by atoms with Gasteiger partial charge in [-0.25, -0.2) is 0 Å². The van der Waals surface area contributed by atoms with Crippen LogP contribution in [-0.4, -0.2) is 47.4 Å². The lowest BCUT2D eigenvalue weighted by Gasteiger charge is -2.22. The average Bonchev–Trinajstić information content (AvgIpc) is 3.33. The van der Waals surface area contributed by atoms with Crippen molar-refractivity contribution in [1.29, 1.82) is 0 Å². The largest absolute Gasteiger partial charge is 0.466 e. The Morgan fingerprint density at radius 3 is 1.06 bits per heavy atom. The van der Waals surface area contributed by atoms with E-state index in [0.717, 1.165) is 70.6 Å². The molecule has 0 bridgehead atoms. The van der Waals surface area contributed by atoms with E-state index < -0.39 is 12.1 Å². The summed E-state index contributed by atoms with van der Waals surface area (Å²) >= 11 is 0. The van der Waals surface area contributed by atoms with Gasteiger partial charge >= 0.3 is 5.97 Å². The molecule has 3 N–H and O–H groups in total. The van der Waals surface area contributed by atoms with E-state index in [0.29, 0.717) is 25.9 Å². The Balaban J connectivity index is 3.46. The Kier molecular flexibility index (Phi) is 56.0. The van der Waals surface area contributed by atoms with Crippen LogP contribution in [0, 0.1) is 0 Å². The predicted octanol–water partition coefficient (Wildman–Crippen LogP) is 18.9. The van der Waals surface area contributed by atoms with E-state index in [1.54, 1.807) is 0 Å². The Bertz CT molecular complexity index is 1000. The van der Waals surface area contributed by atoms with Gasteiger partial charge in [0.2, 0.25) is 5.91 Å². The lowest BCUT2D eigenvalue weighted by molar-refractivity contribution is -0.143. The smallest absolute Gasteiger partial charge is 0.305 e. The molecule has 0 spiro atoms. The van der Waals surface area contributed by atoms with Crippen molar-refractivity contribution in [2.75, 3.05) is 13.2 Å². The second kappa shape index (κ2) is 57.2. The standard InChI is InChI=1S/C61H119NO5/c1-3-5-7-9-11-13-15-17-19-20-21-22-23-24-26-29-33-37-41-45-49-53-59(64)58(57-63)62-60(65)54-50-46-42-38-34-30-27-25-28-32-36-40-44-48-52-56-67-61(66)55-51-47-43-39-35-31-18-16-14-12-10-8-6-4-2/h28,32,58-59,63-64H,3-27,29-31,33-57H2,1-2H3,(H,62,65)/b32-28-. The van der Waals surface area contributed by atoms with Crippen molar-refractivity contribution >= 4 is 11.9 Å². The first kappa shape index (κ1) is 65.6. The highest BCUT2D eigenvalue weighted by atomic mass is 16.5. The van der Waals surface area contributed by atoms with E-state index in [4.69, 9.17) is 4.74 Å². The van der Waals surface area contributed by atoms with Crippen LogP contribution in [-0.2, 0) is 14.3 Å². The summed E-state index contributed by atoms with van der Waals surface area (Å²) in [5, 5.41) is 23.3. The normalized spacial score (nSPS) is 12.6. The van der Waals surface area contributed by atoms with E-state index in [1.165, 1.54) is 238 Å². The highest BCUT2D eigenvalue weighted by molar-refractivity contribution is 5.76. The van der Waals surface area contributed by atoms with E-state index in [1.807, 2.05) is 0 Å². The topological polar surface area (TPSA) is 95.9 Å². The molecule has 0 fully saturated rings. The molecule has 2 atom stereocenters. The van der Waals surface area contributed by atoms with Gasteiger partial charge in [0.1, 0.15) is 0 Å². The number of allylic oxidation sites excluding steroid dienone is 2. The number of unbranched alkanes of at least 4 members (excludes halogenated alkanes) is 44. The summed E-state index contributed by atoms with van der Waals surface area (Å²) in [6.45, 7) is 4.95. The first-order valence-corrected chi connectivity index (χ1v) is 30.4. The quantitative estimate of drug-likeness (QED) is 0.0321. The molecule has 0 aromatic rings. The summed E-state index contributed by atoms with van der Waals surface area (Å²) < 4.78 is 5.47. The third-order valence-electron chi connectivity index (χ3n) is 14.3. The molecule has 0 aromatic heterocycles. The predicted molar refractivity (Wildman–Crippen MR) is 292 cm³/mol. The van der Waals surface area contributed by atoms with Gasteiger partial charge in [-0.1, -0.05) is 289 Å². The Morgan fingerprint density at radius 2 is 0.701 bits per heavy atom. The molecule has 0 saturated carbocycles. The molecule has 6 nitrogen and oxygen atoms in total. The second-order valence-corrected chi connectivity index (χ2v) is 21.0. The first-order valence-electron chi connectivity index (χ1n) is 30.4. The SMILES string of the molecule is CCCCCCCCCCCCCCCCCCCCCCCC(O)C(CO)NC(=O)CCCCCCCCC/C=C\CCCCCCOC(=O)CCCCCCCCCCCCCCCC. The minimum absolute atomic E-state index is 0.00678. The van der Waals surface area contributed by atoms with Crippen LogP contribution in [0.3, 0.4) is 0 Å². The van der Waals surface area contributed by atoms with Gasteiger partial charge in [0.15, 0.2) is 0 Å². The maximum absolute atomic E-state index is 12.5. The van der Waals surface area contributed by atoms with Crippen molar-refractivity contribution in [1.82, 2.24) is 5.32 Å². The number of ether oxygens (including phenoxy) is 1. The number of rotatable bonds is 57. The Morgan fingerprint density at radius 1 is 0.403 bits per heavy atom. The second-order valence-electron chi connectivity index (χ2n) is 21.0. The van der Waals surface area contributed by atoms with Crippen LogP contribution in [0.15, 0.2) is 12.2 Å². The lowest BCUT2D eigenvalue weighted by Crippen LogP contribution is -2.45. The van der Waals surface area contributed by atoms with E-state index in [2.05, 4.69) is 31.3 Å². The van der Waals surface area contributed by atoms with E-state index >= 15 is 0 Å². The van der Waals surface area contributed by atoms with Crippen molar-refractivity contribution in [2.24, 2.45) is 0 Å². The summed E-state index contributed by atoms with van der Waals surface area (Å²) in [5.74, 6) is -0.0531. The molecule has 2 unspecified atom stereocenters. The number of hydrogen-bond acceptors (Lipinski definition) is 5. The minimum atomic E-state index is -0.674. The number of aliphatic hydroxyl groups is 2. The van der Waals surface area contributed by atoms with E-state index in [-0.39, 0.29) is 18.5 Å². The zero-order chi connectivity index (χ0) is 48.6. The minimum Gasteiger partial charge on any atom is -0.466 e. The molecule has 0 rings (SSSR count). The van der Waals surface area contributed by atoms with Crippen LogP contribution in [0.25, 0.3) is 0 Å². The van der Waals surface area contributed by atoms with Crippen molar-refractivity contribution in [3.8, 4) is 0 Å². The Labute approximate surface area is 419 Å². The fraction of sp³-hybridized carbons (Fsp3) is 0.934. The highest BCUT2D eigenvalue weighted by Crippen LogP contribution is 2.18. The molecular weight excluding hydrogens is 827 g/mol. The molecule has 0 aromatic carbocycles. The van der Waals surface area contributed by atoms with Crippen LogP contribution in [0.1, 0.15) is 341 Å². The maximum Gasteiger partial charge on any atom is 0.305 e. The molecule has 0 aliphatic heterocycles.